The van der Waals surface area contributed by atoms with Crippen molar-refractivity contribution in [1.82, 2.24) is 5.32 Å². The van der Waals surface area contributed by atoms with Crippen LogP contribution in [-0.4, -0.2) is 12.2 Å². The third-order valence-electron chi connectivity index (χ3n) is 1.49. The lowest BCUT2D eigenvalue weighted by Gasteiger charge is -2.06. The SMILES string of the molecule is CNCc1c(O)cc(Cl)cc1Br. The van der Waals surface area contributed by atoms with E-state index in [1.165, 1.54) is 6.07 Å². The van der Waals surface area contributed by atoms with E-state index < -0.39 is 0 Å². The summed E-state index contributed by atoms with van der Waals surface area (Å²) in [4.78, 5) is 0. The molecule has 0 fully saturated rings. The monoisotopic (exact) mass is 249 g/mol. The van der Waals surface area contributed by atoms with Crippen molar-refractivity contribution in [2.75, 3.05) is 7.05 Å². The summed E-state index contributed by atoms with van der Waals surface area (Å²) in [5.74, 6) is 0.212. The quantitative estimate of drug-likeness (QED) is 0.845. The van der Waals surface area contributed by atoms with Crippen molar-refractivity contribution < 1.29 is 5.11 Å². The first-order valence-corrected chi connectivity index (χ1v) is 4.63. The second kappa shape index (κ2) is 4.12. The van der Waals surface area contributed by atoms with Gasteiger partial charge in [-0.05, 0) is 19.2 Å². The van der Waals surface area contributed by atoms with Gasteiger partial charge >= 0.3 is 0 Å². The number of rotatable bonds is 2. The van der Waals surface area contributed by atoms with E-state index in [0.29, 0.717) is 11.6 Å². The van der Waals surface area contributed by atoms with Gasteiger partial charge < -0.3 is 10.4 Å². The molecule has 0 radical (unpaired) electrons. The highest BCUT2D eigenvalue weighted by atomic mass is 79.9. The Bertz CT molecular complexity index is 267. The number of nitrogens with one attached hydrogen (secondary N) is 1. The lowest BCUT2D eigenvalue weighted by atomic mass is 10.2. The van der Waals surface area contributed by atoms with Crippen LogP contribution < -0.4 is 5.32 Å². The van der Waals surface area contributed by atoms with Crippen LogP contribution >= 0.6 is 27.5 Å². The van der Waals surface area contributed by atoms with Gasteiger partial charge in [-0.25, -0.2) is 0 Å². The summed E-state index contributed by atoms with van der Waals surface area (Å²) in [6.45, 7) is 0.615. The van der Waals surface area contributed by atoms with Crippen LogP contribution in [0.4, 0.5) is 0 Å². The molecule has 2 nitrogen and oxygen atoms in total. The van der Waals surface area contributed by atoms with Crippen molar-refractivity contribution in [3.63, 3.8) is 0 Å². The largest absolute Gasteiger partial charge is 0.508 e. The molecule has 1 rings (SSSR count). The van der Waals surface area contributed by atoms with Crippen molar-refractivity contribution in [2.24, 2.45) is 0 Å². The van der Waals surface area contributed by atoms with Crippen LogP contribution in [0.3, 0.4) is 0 Å². The smallest absolute Gasteiger partial charge is 0.122 e. The van der Waals surface area contributed by atoms with Crippen LogP contribution in [0.2, 0.25) is 5.02 Å². The standard InChI is InChI=1S/C8H9BrClNO/c1-11-4-6-7(9)2-5(10)3-8(6)12/h2-3,11-12H,4H2,1H3. The molecular formula is C8H9BrClNO. The number of hydrogen-bond donors (Lipinski definition) is 2. The Morgan fingerprint density at radius 1 is 1.58 bits per heavy atom. The second-order valence-corrected chi connectivity index (χ2v) is 3.71. The fourth-order valence-electron chi connectivity index (χ4n) is 0.942. The second-order valence-electron chi connectivity index (χ2n) is 2.42. The van der Waals surface area contributed by atoms with Gasteiger partial charge in [0.2, 0.25) is 0 Å². The van der Waals surface area contributed by atoms with Crippen LogP contribution in [0.25, 0.3) is 0 Å². The summed E-state index contributed by atoms with van der Waals surface area (Å²) in [7, 11) is 1.82. The van der Waals surface area contributed by atoms with Crippen LogP contribution in [0.15, 0.2) is 16.6 Å². The van der Waals surface area contributed by atoms with Crippen molar-refractivity contribution in [3.05, 3.63) is 27.2 Å². The number of halogens is 2. The van der Waals surface area contributed by atoms with E-state index in [9.17, 15) is 5.11 Å². The molecule has 0 unspecified atom stereocenters. The first-order chi connectivity index (χ1) is 5.65. The molecule has 1 aromatic carbocycles. The highest BCUT2D eigenvalue weighted by molar-refractivity contribution is 9.10. The molecule has 0 aliphatic rings. The van der Waals surface area contributed by atoms with E-state index in [2.05, 4.69) is 21.2 Å². The molecule has 66 valence electrons. The van der Waals surface area contributed by atoms with Gasteiger partial charge in [-0.15, -0.1) is 0 Å². The minimum absolute atomic E-state index is 0.212. The Hall–Kier alpha value is -0.250. The van der Waals surface area contributed by atoms with Crippen LogP contribution in [-0.2, 0) is 6.54 Å². The Kier molecular flexibility index (Phi) is 3.38. The average Bonchev–Trinajstić information content (AvgIpc) is 1.96. The normalized spacial score (nSPS) is 10.2. The molecule has 2 N–H and O–H groups in total. The van der Waals surface area contributed by atoms with Crippen molar-refractivity contribution in [1.29, 1.82) is 0 Å². The van der Waals surface area contributed by atoms with Crippen molar-refractivity contribution >= 4 is 27.5 Å². The molecule has 4 heteroatoms. The molecule has 0 aromatic heterocycles. The lowest BCUT2D eigenvalue weighted by molar-refractivity contribution is 0.465. The third kappa shape index (κ3) is 2.12. The average molecular weight is 251 g/mol. The summed E-state index contributed by atoms with van der Waals surface area (Å²) in [6, 6.07) is 3.28. The zero-order chi connectivity index (χ0) is 9.14. The summed E-state index contributed by atoms with van der Waals surface area (Å²) in [5.41, 5.74) is 0.821. The van der Waals surface area contributed by atoms with Crippen molar-refractivity contribution in [2.45, 2.75) is 6.54 Å². The summed E-state index contributed by atoms with van der Waals surface area (Å²) >= 11 is 9.03. The molecule has 0 spiro atoms. The van der Waals surface area contributed by atoms with Gasteiger partial charge in [-0.3, -0.25) is 0 Å². The third-order valence-corrected chi connectivity index (χ3v) is 2.42. The Morgan fingerprint density at radius 2 is 2.25 bits per heavy atom. The van der Waals surface area contributed by atoms with E-state index in [0.717, 1.165) is 10.0 Å². The topological polar surface area (TPSA) is 32.3 Å². The van der Waals surface area contributed by atoms with Gasteiger partial charge in [0.05, 0.1) is 0 Å². The van der Waals surface area contributed by atoms with Gasteiger partial charge in [0.1, 0.15) is 5.75 Å². The maximum atomic E-state index is 9.45. The van der Waals surface area contributed by atoms with Crippen LogP contribution in [0.1, 0.15) is 5.56 Å². The van der Waals surface area contributed by atoms with E-state index in [1.807, 2.05) is 7.05 Å². The molecule has 0 heterocycles. The van der Waals surface area contributed by atoms with Gasteiger partial charge in [0, 0.05) is 21.6 Å². The summed E-state index contributed by atoms with van der Waals surface area (Å²) < 4.78 is 0.821. The molecule has 12 heavy (non-hydrogen) atoms. The molecular weight excluding hydrogens is 241 g/mol. The van der Waals surface area contributed by atoms with Gasteiger partial charge in [-0.1, -0.05) is 27.5 Å². The maximum absolute atomic E-state index is 9.45. The zero-order valence-electron chi connectivity index (χ0n) is 6.56. The van der Waals surface area contributed by atoms with Gasteiger partial charge in [0.15, 0.2) is 0 Å². The Morgan fingerprint density at radius 3 is 2.75 bits per heavy atom. The fourth-order valence-corrected chi connectivity index (χ4v) is 1.88. The Balaban J connectivity index is 3.10. The number of phenolic OH excluding ortho intramolecular Hbond substituents is 1. The molecule has 0 aliphatic carbocycles. The molecule has 0 aliphatic heterocycles. The minimum atomic E-state index is 0.212. The van der Waals surface area contributed by atoms with Gasteiger partial charge in [-0.2, -0.15) is 0 Å². The zero-order valence-corrected chi connectivity index (χ0v) is 8.91. The predicted octanol–water partition coefficient (Wildman–Crippen LogP) is 2.53. The molecule has 1 aromatic rings. The number of phenols is 1. The maximum Gasteiger partial charge on any atom is 0.122 e. The van der Waals surface area contributed by atoms with E-state index in [-0.39, 0.29) is 5.75 Å². The number of benzene rings is 1. The molecule has 0 saturated heterocycles. The van der Waals surface area contributed by atoms with E-state index in [4.69, 9.17) is 11.6 Å². The van der Waals surface area contributed by atoms with Crippen LogP contribution in [0.5, 0.6) is 5.75 Å². The van der Waals surface area contributed by atoms with Gasteiger partial charge in [0.25, 0.3) is 0 Å². The van der Waals surface area contributed by atoms with Crippen LogP contribution in [0, 0.1) is 0 Å². The fraction of sp³-hybridized carbons (Fsp3) is 0.250. The Labute approximate surface area is 84.7 Å². The highest BCUT2D eigenvalue weighted by Crippen LogP contribution is 2.29. The molecule has 0 bridgehead atoms. The summed E-state index contributed by atoms with van der Waals surface area (Å²) in [5, 5.41) is 12.9. The highest BCUT2D eigenvalue weighted by Gasteiger charge is 2.06. The summed E-state index contributed by atoms with van der Waals surface area (Å²) in [6.07, 6.45) is 0. The molecule has 0 saturated carbocycles. The van der Waals surface area contributed by atoms with E-state index >= 15 is 0 Å². The first kappa shape index (κ1) is 9.84. The van der Waals surface area contributed by atoms with E-state index in [1.54, 1.807) is 6.07 Å². The lowest BCUT2D eigenvalue weighted by Crippen LogP contribution is -2.05. The first-order valence-electron chi connectivity index (χ1n) is 3.46. The minimum Gasteiger partial charge on any atom is -0.508 e. The molecule has 0 amide bonds. The number of hydrogen-bond acceptors (Lipinski definition) is 2. The van der Waals surface area contributed by atoms with Crippen molar-refractivity contribution in [3.8, 4) is 5.75 Å². The predicted molar refractivity (Wildman–Crippen MR) is 53.6 cm³/mol. The number of aromatic hydroxyl groups is 1. The molecule has 0 atom stereocenters.